The molecule has 0 N–H and O–H groups in total. The number of carbonyl (C=O) groups is 2. The number of esters is 1. The van der Waals surface area contributed by atoms with Gasteiger partial charge in [0.15, 0.2) is 12.1 Å². The first-order valence-corrected chi connectivity index (χ1v) is 9.64. The zero-order valence-corrected chi connectivity index (χ0v) is 15.6. The van der Waals surface area contributed by atoms with Crippen molar-refractivity contribution in [2.45, 2.75) is 23.9 Å². The van der Waals surface area contributed by atoms with Gasteiger partial charge in [-0.2, -0.15) is 0 Å². The number of amides is 1. The molecule has 2 aliphatic rings. The predicted octanol–water partition coefficient (Wildman–Crippen LogP) is 3.48. The first-order chi connectivity index (χ1) is 13.2. The predicted molar refractivity (Wildman–Crippen MR) is 103 cm³/mol. The third kappa shape index (κ3) is 3.32. The Morgan fingerprint density at radius 2 is 1.67 bits per heavy atom. The van der Waals surface area contributed by atoms with E-state index in [1.807, 2.05) is 60.7 Å². The van der Waals surface area contributed by atoms with Gasteiger partial charge in [-0.25, -0.2) is 4.79 Å². The monoisotopic (exact) mass is 381 g/mol. The zero-order chi connectivity index (χ0) is 18.8. The van der Waals surface area contributed by atoms with Crippen molar-refractivity contribution >= 4 is 23.6 Å². The van der Waals surface area contributed by atoms with Crippen LogP contribution in [0.1, 0.15) is 23.7 Å². The molecule has 2 aliphatic heterocycles. The van der Waals surface area contributed by atoms with Gasteiger partial charge < -0.3 is 14.4 Å². The van der Waals surface area contributed by atoms with Crippen molar-refractivity contribution in [2.24, 2.45) is 0 Å². The highest BCUT2D eigenvalue weighted by molar-refractivity contribution is 8.02. The van der Waals surface area contributed by atoms with Crippen molar-refractivity contribution in [1.82, 2.24) is 4.90 Å². The number of hydrogen-bond acceptors (Lipinski definition) is 5. The van der Waals surface area contributed by atoms with E-state index in [1.54, 1.807) is 10.3 Å². The molecule has 2 atom stereocenters. The van der Waals surface area contributed by atoms with Gasteiger partial charge in [-0.05, 0) is 11.1 Å². The van der Waals surface area contributed by atoms with Crippen molar-refractivity contribution in [1.29, 1.82) is 0 Å². The van der Waals surface area contributed by atoms with E-state index in [2.05, 4.69) is 0 Å². The van der Waals surface area contributed by atoms with E-state index in [0.29, 0.717) is 12.2 Å². The van der Waals surface area contributed by atoms with Crippen molar-refractivity contribution in [2.75, 3.05) is 7.11 Å². The van der Waals surface area contributed by atoms with Crippen LogP contribution in [0.5, 0.6) is 0 Å². The van der Waals surface area contributed by atoms with Crippen LogP contribution in [0.25, 0.3) is 0 Å². The maximum atomic E-state index is 13.1. The Morgan fingerprint density at radius 3 is 2.19 bits per heavy atom. The summed E-state index contributed by atoms with van der Waals surface area (Å²) in [6.07, 6.45) is -0.120. The van der Waals surface area contributed by atoms with Crippen molar-refractivity contribution in [3.63, 3.8) is 0 Å². The van der Waals surface area contributed by atoms with Crippen LogP contribution in [0.15, 0.2) is 71.8 Å². The SMILES string of the molecule is COC1=CS[C@@H]2CC(=O)N2[C@H]1C(=O)OC(c1ccccc1)c1ccccc1. The minimum absolute atomic E-state index is 0.0270. The molecule has 1 fully saturated rings. The Kier molecular flexibility index (Phi) is 4.90. The molecule has 4 rings (SSSR count). The second-order valence-corrected chi connectivity index (χ2v) is 7.41. The van der Waals surface area contributed by atoms with E-state index < -0.39 is 18.1 Å². The number of methoxy groups -OCH3 is 1. The summed E-state index contributed by atoms with van der Waals surface area (Å²) in [5, 5.41) is 1.78. The molecule has 5 nitrogen and oxygen atoms in total. The lowest BCUT2D eigenvalue weighted by molar-refractivity contribution is -0.164. The molecule has 0 aliphatic carbocycles. The quantitative estimate of drug-likeness (QED) is 0.586. The lowest BCUT2D eigenvalue weighted by Gasteiger charge is -2.46. The standard InChI is InChI=1S/C21H19NO4S/c1-25-16-13-27-18-12-17(23)22(18)19(16)21(24)26-20(14-8-4-2-5-9-14)15-10-6-3-7-11-15/h2-11,13,18-20H,12H2,1H3/t18-,19-/m1/s1. The summed E-state index contributed by atoms with van der Waals surface area (Å²) in [5.74, 6) is -0.110. The van der Waals surface area contributed by atoms with Crippen molar-refractivity contribution in [3.8, 4) is 0 Å². The molecule has 0 radical (unpaired) electrons. The number of thioether (sulfide) groups is 1. The van der Waals surface area contributed by atoms with Gasteiger partial charge in [0.1, 0.15) is 5.76 Å². The first kappa shape index (κ1) is 17.7. The van der Waals surface area contributed by atoms with Crippen molar-refractivity contribution < 1.29 is 19.1 Å². The molecule has 138 valence electrons. The van der Waals surface area contributed by atoms with Gasteiger partial charge in [-0.15, -0.1) is 11.8 Å². The number of rotatable bonds is 5. The van der Waals surface area contributed by atoms with Crippen LogP contribution in [0.2, 0.25) is 0 Å². The Morgan fingerprint density at radius 1 is 1.07 bits per heavy atom. The fourth-order valence-electron chi connectivity index (χ4n) is 3.33. The lowest BCUT2D eigenvalue weighted by atomic mass is 10.0. The number of ether oxygens (including phenoxy) is 2. The van der Waals surface area contributed by atoms with E-state index >= 15 is 0 Å². The zero-order valence-electron chi connectivity index (χ0n) is 14.8. The van der Waals surface area contributed by atoms with Crippen LogP contribution in [-0.4, -0.2) is 35.3 Å². The Hall–Kier alpha value is -2.73. The molecule has 0 unspecified atom stereocenters. The van der Waals surface area contributed by atoms with Crippen LogP contribution < -0.4 is 0 Å². The summed E-state index contributed by atoms with van der Waals surface area (Å²) in [7, 11) is 1.50. The van der Waals surface area contributed by atoms with Gasteiger partial charge >= 0.3 is 5.97 Å². The van der Waals surface area contributed by atoms with E-state index in [-0.39, 0.29) is 11.3 Å². The smallest absolute Gasteiger partial charge is 0.337 e. The minimum atomic E-state index is -0.836. The average molecular weight is 381 g/mol. The fourth-order valence-corrected chi connectivity index (χ4v) is 4.45. The molecule has 2 heterocycles. The first-order valence-electron chi connectivity index (χ1n) is 8.70. The Bertz CT molecular complexity index is 829. The normalized spacial score (nSPS) is 21.2. The summed E-state index contributed by atoms with van der Waals surface area (Å²) in [6, 6.07) is 18.3. The summed E-state index contributed by atoms with van der Waals surface area (Å²) in [6.45, 7) is 0. The summed E-state index contributed by atoms with van der Waals surface area (Å²) in [4.78, 5) is 26.8. The number of hydrogen-bond donors (Lipinski definition) is 0. The van der Waals surface area contributed by atoms with Gasteiger partial charge in [0.05, 0.1) is 18.9 Å². The van der Waals surface area contributed by atoms with Crippen LogP contribution in [0, 0.1) is 0 Å². The highest BCUT2D eigenvalue weighted by atomic mass is 32.2. The molecule has 0 aromatic heterocycles. The summed E-state index contributed by atoms with van der Waals surface area (Å²) >= 11 is 1.49. The molecule has 0 saturated carbocycles. The maximum absolute atomic E-state index is 13.1. The van der Waals surface area contributed by atoms with E-state index in [4.69, 9.17) is 9.47 Å². The van der Waals surface area contributed by atoms with Gasteiger partial charge in [-0.1, -0.05) is 60.7 Å². The highest BCUT2D eigenvalue weighted by Crippen LogP contribution is 2.40. The summed E-state index contributed by atoms with van der Waals surface area (Å²) < 4.78 is 11.3. The highest BCUT2D eigenvalue weighted by Gasteiger charge is 2.49. The van der Waals surface area contributed by atoms with Crippen LogP contribution in [0.4, 0.5) is 0 Å². The van der Waals surface area contributed by atoms with E-state index in [1.165, 1.54) is 18.9 Å². The minimum Gasteiger partial charge on any atom is -0.498 e. The molecule has 0 spiro atoms. The van der Waals surface area contributed by atoms with E-state index in [9.17, 15) is 9.59 Å². The number of β-lactam (4-membered cyclic amide) rings is 1. The van der Waals surface area contributed by atoms with Crippen LogP contribution in [-0.2, 0) is 19.1 Å². The molecule has 2 aromatic carbocycles. The Balaban J connectivity index is 1.64. The van der Waals surface area contributed by atoms with Gasteiger partial charge in [0.2, 0.25) is 5.91 Å². The maximum Gasteiger partial charge on any atom is 0.337 e. The number of carbonyl (C=O) groups excluding carboxylic acids is 2. The van der Waals surface area contributed by atoms with Gasteiger partial charge in [0.25, 0.3) is 0 Å². The third-order valence-corrected chi connectivity index (χ3v) is 5.81. The molecule has 6 heteroatoms. The lowest BCUT2D eigenvalue weighted by Crippen LogP contribution is -2.60. The molecule has 0 bridgehead atoms. The molecule has 2 aromatic rings. The molecular formula is C21H19NO4S. The molecular weight excluding hydrogens is 362 g/mol. The summed E-state index contributed by atoms with van der Waals surface area (Å²) in [5.41, 5.74) is 1.74. The van der Waals surface area contributed by atoms with Crippen molar-refractivity contribution in [3.05, 3.63) is 83.0 Å². The number of fused-ring (bicyclic) bond motifs is 1. The third-order valence-electron chi connectivity index (χ3n) is 4.73. The average Bonchev–Trinajstić information content (AvgIpc) is 2.71. The fraction of sp³-hybridized carbons (Fsp3) is 0.238. The van der Waals surface area contributed by atoms with Crippen LogP contribution in [0.3, 0.4) is 0 Å². The van der Waals surface area contributed by atoms with Crippen LogP contribution >= 0.6 is 11.8 Å². The largest absolute Gasteiger partial charge is 0.498 e. The molecule has 1 amide bonds. The van der Waals surface area contributed by atoms with Gasteiger partial charge in [0, 0.05) is 5.41 Å². The number of benzene rings is 2. The van der Waals surface area contributed by atoms with Gasteiger partial charge in [-0.3, -0.25) is 4.79 Å². The van der Waals surface area contributed by atoms with E-state index in [0.717, 1.165) is 11.1 Å². The Labute approximate surface area is 162 Å². The number of nitrogens with zero attached hydrogens (tertiary/aromatic N) is 1. The second kappa shape index (κ2) is 7.48. The topological polar surface area (TPSA) is 55.8 Å². The second-order valence-electron chi connectivity index (χ2n) is 6.36. The molecule has 1 saturated heterocycles. The molecule has 27 heavy (non-hydrogen) atoms.